The number of hydrogen-bond donors (Lipinski definition) is 4. The van der Waals surface area contributed by atoms with Crippen molar-refractivity contribution in [2.75, 3.05) is 17.7 Å². The van der Waals surface area contributed by atoms with Gasteiger partial charge in [0.25, 0.3) is 0 Å². The van der Waals surface area contributed by atoms with E-state index in [-0.39, 0.29) is 28.0 Å². The lowest BCUT2D eigenvalue weighted by atomic mass is 9.99. The van der Waals surface area contributed by atoms with Gasteiger partial charge in [-0.3, -0.25) is 9.36 Å². The molecule has 12 nitrogen and oxygen atoms in total. The number of carbonyl (C=O) groups is 1. The number of nitrogens with two attached hydrogens (primary N) is 1. The molecule has 0 bridgehead atoms. The summed E-state index contributed by atoms with van der Waals surface area (Å²) in [4.78, 5) is 10.3. The number of nitrogens with one attached hydrogen (secondary N) is 2. The molecule has 0 spiro atoms. The van der Waals surface area contributed by atoms with Gasteiger partial charge in [-0.15, -0.1) is 10.2 Å². The van der Waals surface area contributed by atoms with Gasteiger partial charge in [0.15, 0.2) is 5.16 Å². The maximum Gasteiger partial charge on any atom is 0.313 e. The molecular formula is C24H22BrClN6O6S3. The van der Waals surface area contributed by atoms with E-state index in [1.165, 1.54) is 29.9 Å². The molecule has 0 amide bonds. The number of primary sulfonamides is 1. The predicted molar refractivity (Wildman–Crippen MR) is 159 cm³/mol. The number of carboxylic acids is 1. The number of anilines is 1. The lowest BCUT2D eigenvalue weighted by molar-refractivity contribution is -0.133. The van der Waals surface area contributed by atoms with Crippen LogP contribution in [0, 0.1) is 0 Å². The molecule has 1 aliphatic carbocycles. The number of fused-ring (bicyclic) bond motifs is 2. The van der Waals surface area contributed by atoms with Gasteiger partial charge in [-0.1, -0.05) is 53.7 Å². The molecule has 5 N–H and O–H groups in total. The Kier molecular flexibility index (Phi) is 8.35. The summed E-state index contributed by atoms with van der Waals surface area (Å²) in [7, 11) is -7.80. The van der Waals surface area contributed by atoms with E-state index in [4.69, 9.17) is 21.8 Å². The van der Waals surface area contributed by atoms with Crippen LogP contribution in [-0.2, 0) is 24.8 Å². The van der Waals surface area contributed by atoms with Crippen LogP contribution in [-0.4, -0.2) is 55.1 Å². The van der Waals surface area contributed by atoms with Gasteiger partial charge in [0.2, 0.25) is 24.8 Å². The van der Waals surface area contributed by atoms with Gasteiger partial charge in [-0.05, 0) is 63.8 Å². The Balaban J connectivity index is 0.000000175. The van der Waals surface area contributed by atoms with Crippen LogP contribution in [0.4, 0.5) is 5.69 Å². The first-order valence-electron chi connectivity index (χ1n) is 11.9. The van der Waals surface area contributed by atoms with Crippen molar-refractivity contribution in [2.45, 2.75) is 33.7 Å². The fourth-order valence-electron chi connectivity index (χ4n) is 4.34. The Hall–Kier alpha value is -2.73. The van der Waals surface area contributed by atoms with Gasteiger partial charge in [-0.25, -0.2) is 22.0 Å². The summed E-state index contributed by atoms with van der Waals surface area (Å²) >= 11 is 10.3. The van der Waals surface area contributed by atoms with E-state index in [2.05, 4.69) is 66.5 Å². The van der Waals surface area contributed by atoms with Crippen LogP contribution in [0.5, 0.6) is 0 Å². The average molecular weight is 702 g/mol. The predicted octanol–water partition coefficient (Wildman–Crippen LogP) is 3.89. The summed E-state index contributed by atoms with van der Waals surface area (Å²) in [6.07, 6.45) is 2.50. The molecule has 0 saturated heterocycles. The lowest BCUT2D eigenvalue weighted by Crippen LogP contribution is -2.34. The number of nitrogens with zero attached hydrogens (tertiary/aromatic N) is 3. The van der Waals surface area contributed by atoms with Crippen molar-refractivity contribution < 1.29 is 26.7 Å². The molecule has 2 heterocycles. The number of benzene rings is 3. The van der Waals surface area contributed by atoms with Gasteiger partial charge in [0.1, 0.15) is 9.79 Å². The first kappa shape index (κ1) is 29.8. The summed E-state index contributed by atoms with van der Waals surface area (Å²) in [6, 6.07) is 14.7. The highest BCUT2D eigenvalue weighted by Crippen LogP contribution is 2.44. The maximum atomic E-state index is 11.6. The number of aromatic nitrogens is 3. The summed E-state index contributed by atoms with van der Waals surface area (Å²) in [5, 5.41) is 27.6. The number of hydrogen-bond acceptors (Lipinski definition) is 9. The molecular weight excluding hydrogens is 680 g/mol. The molecule has 2 aliphatic rings. The average Bonchev–Trinajstić information content (AvgIpc) is 3.68. The minimum absolute atomic E-state index is 0.0143. The van der Waals surface area contributed by atoms with Crippen LogP contribution >= 0.6 is 39.3 Å². The summed E-state index contributed by atoms with van der Waals surface area (Å²) in [6.45, 7) is 0.0143. The second-order valence-electron chi connectivity index (χ2n) is 9.09. The molecule has 1 aromatic heterocycles. The second-order valence-corrected chi connectivity index (χ2v) is 14.4. The Morgan fingerprint density at radius 2 is 1.88 bits per heavy atom. The van der Waals surface area contributed by atoms with E-state index < -0.39 is 30.9 Å². The standard InChI is InChI=1S/C17H14BrN3O2S.C7H8ClN3O4S2/c18-16-19-20-17(24-9-15(22)23)21(16)14-8-7-11(10-5-6-10)12-3-1-2-4-13(12)14;8-4-1-5-7(2-6(4)16(9,12)13)17(14,15)11-3-10-5/h1-4,7-8,10H,5-6,9H2,(H,22,23);1-2,10-11H,3H2,(H2,9,12,13). The van der Waals surface area contributed by atoms with Crippen molar-refractivity contribution in [3.63, 3.8) is 0 Å². The SMILES string of the molecule is NS(=O)(=O)c1cc2c(cc1Cl)NCNS2(=O)=O.O=C(O)CSc1nnc(Br)n1-c1ccc(C2CC2)c2ccccc12. The summed E-state index contributed by atoms with van der Waals surface area (Å²) < 4.78 is 50.3. The zero-order chi connectivity index (χ0) is 29.5. The molecule has 6 rings (SSSR count). The van der Waals surface area contributed by atoms with E-state index in [1.54, 1.807) is 0 Å². The van der Waals surface area contributed by atoms with E-state index >= 15 is 0 Å². The van der Waals surface area contributed by atoms with E-state index in [1.807, 2.05) is 10.6 Å². The minimum Gasteiger partial charge on any atom is -0.481 e. The zero-order valence-electron chi connectivity index (χ0n) is 20.9. The first-order chi connectivity index (χ1) is 19.4. The van der Waals surface area contributed by atoms with Crippen LogP contribution < -0.4 is 15.2 Å². The van der Waals surface area contributed by atoms with Crippen LogP contribution in [0.3, 0.4) is 0 Å². The fraction of sp³-hybridized carbons (Fsp3) is 0.208. The third-order valence-electron chi connectivity index (χ3n) is 6.28. The Morgan fingerprint density at radius 3 is 2.54 bits per heavy atom. The second kappa shape index (κ2) is 11.5. The highest BCUT2D eigenvalue weighted by Gasteiger charge is 2.28. The summed E-state index contributed by atoms with van der Waals surface area (Å²) in [5.74, 6) is -0.266. The molecule has 0 radical (unpaired) electrons. The van der Waals surface area contributed by atoms with E-state index in [0.29, 0.717) is 15.8 Å². The minimum atomic E-state index is -4.07. The van der Waals surface area contributed by atoms with Gasteiger partial charge in [0.05, 0.1) is 28.8 Å². The number of thioether (sulfide) groups is 1. The summed E-state index contributed by atoms with van der Waals surface area (Å²) in [5.41, 5.74) is 2.58. The van der Waals surface area contributed by atoms with Gasteiger partial charge < -0.3 is 10.4 Å². The smallest absolute Gasteiger partial charge is 0.313 e. The monoisotopic (exact) mass is 700 g/mol. The van der Waals surface area contributed by atoms with Crippen molar-refractivity contribution in [2.24, 2.45) is 5.14 Å². The highest BCUT2D eigenvalue weighted by atomic mass is 79.9. The largest absolute Gasteiger partial charge is 0.481 e. The van der Waals surface area contributed by atoms with Gasteiger partial charge >= 0.3 is 5.97 Å². The topological polar surface area (TPSA) is 186 Å². The zero-order valence-corrected chi connectivity index (χ0v) is 25.7. The molecule has 1 aliphatic heterocycles. The highest BCUT2D eigenvalue weighted by molar-refractivity contribution is 9.10. The van der Waals surface area contributed by atoms with Gasteiger partial charge in [-0.2, -0.15) is 4.72 Å². The maximum absolute atomic E-state index is 11.6. The number of aliphatic carboxylic acids is 1. The molecule has 0 unspecified atom stereocenters. The van der Waals surface area contributed by atoms with Crippen molar-refractivity contribution >= 4 is 81.8 Å². The third kappa shape index (κ3) is 6.38. The number of sulfonamides is 2. The Bertz CT molecular complexity index is 1900. The Morgan fingerprint density at radius 1 is 1.17 bits per heavy atom. The van der Waals surface area contributed by atoms with Crippen molar-refractivity contribution in [3.8, 4) is 5.69 Å². The third-order valence-corrected chi connectivity index (χ3v) is 10.5. The number of rotatable bonds is 6. The normalized spacial score (nSPS) is 15.9. The van der Waals surface area contributed by atoms with Crippen molar-refractivity contribution in [1.29, 1.82) is 0 Å². The molecule has 3 aromatic carbocycles. The van der Waals surface area contributed by atoms with Crippen molar-refractivity contribution in [1.82, 2.24) is 19.5 Å². The fourth-order valence-corrected chi connectivity index (χ4v) is 7.85. The first-order valence-corrected chi connectivity index (χ1v) is 17.1. The quantitative estimate of drug-likeness (QED) is 0.215. The lowest BCUT2D eigenvalue weighted by Gasteiger charge is -2.20. The van der Waals surface area contributed by atoms with E-state index in [0.717, 1.165) is 28.9 Å². The molecule has 0 atom stereocenters. The van der Waals surface area contributed by atoms with Crippen LogP contribution in [0.25, 0.3) is 16.5 Å². The van der Waals surface area contributed by atoms with Crippen LogP contribution in [0.2, 0.25) is 5.02 Å². The molecule has 17 heteroatoms. The van der Waals surface area contributed by atoms with Crippen LogP contribution in [0.1, 0.15) is 24.3 Å². The van der Waals surface area contributed by atoms with Gasteiger partial charge in [0, 0.05) is 5.39 Å². The molecule has 216 valence electrons. The Labute approximate surface area is 252 Å². The molecule has 1 saturated carbocycles. The number of halogens is 2. The molecule has 4 aromatic rings. The van der Waals surface area contributed by atoms with Crippen molar-refractivity contribution in [3.05, 3.63) is 63.9 Å². The molecule has 41 heavy (non-hydrogen) atoms. The molecule has 1 fully saturated rings. The van der Waals surface area contributed by atoms with E-state index in [9.17, 15) is 21.6 Å². The van der Waals surface area contributed by atoms with Crippen LogP contribution in [0.15, 0.2) is 68.2 Å². The number of carboxylic acid groups (broad SMARTS) is 1.